The highest BCUT2D eigenvalue weighted by Crippen LogP contribution is 2.35. The Morgan fingerprint density at radius 1 is 0.952 bits per heavy atom. The highest BCUT2D eigenvalue weighted by atomic mass is 79.9. The number of halogens is 3. The van der Waals surface area contributed by atoms with E-state index in [1.807, 2.05) is 49.4 Å². The lowest BCUT2D eigenvalue weighted by Gasteiger charge is -2.11. The van der Waals surface area contributed by atoms with Crippen molar-refractivity contribution in [2.45, 2.75) is 10.7 Å². The fourth-order valence-corrected chi connectivity index (χ4v) is 2.91. The first-order valence-electron chi connectivity index (χ1n) is 6.37. The molecule has 0 amide bonds. The van der Waals surface area contributed by atoms with Gasteiger partial charge in [-0.2, -0.15) is 0 Å². The molecule has 3 rings (SSSR count). The third-order valence-electron chi connectivity index (χ3n) is 3.17. The SMILES string of the molecule is Cc1ccc2nc(-c3ccc(Cl)cc3)c(C(Br)Br)nc2c1. The third kappa shape index (κ3) is 3.12. The molecule has 0 unspecified atom stereocenters. The molecule has 2 nitrogen and oxygen atoms in total. The molecular weight excluding hydrogens is 415 g/mol. The van der Waals surface area contributed by atoms with E-state index in [9.17, 15) is 0 Å². The van der Waals surface area contributed by atoms with E-state index in [1.165, 1.54) is 5.56 Å². The van der Waals surface area contributed by atoms with Crippen LogP contribution in [-0.2, 0) is 0 Å². The Morgan fingerprint density at radius 2 is 1.67 bits per heavy atom. The lowest BCUT2D eigenvalue weighted by atomic mass is 10.1. The number of fused-ring (bicyclic) bond motifs is 1. The molecule has 1 aromatic heterocycles. The molecule has 5 heteroatoms. The van der Waals surface area contributed by atoms with Crippen molar-refractivity contribution in [2.24, 2.45) is 0 Å². The maximum absolute atomic E-state index is 5.96. The van der Waals surface area contributed by atoms with Crippen molar-refractivity contribution in [1.82, 2.24) is 9.97 Å². The maximum Gasteiger partial charge on any atom is 0.114 e. The van der Waals surface area contributed by atoms with Crippen molar-refractivity contribution < 1.29 is 0 Å². The fraction of sp³-hybridized carbons (Fsp3) is 0.125. The van der Waals surface area contributed by atoms with Crippen LogP contribution in [0.4, 0.5) is 0 Å². The van der Waals surface area contributed by atoms with Gasteiger partial charge in [0.05, 0.1) is 22.4 Å². The summed E-state index contributed by atoms with van der Waals surface area (Å²) in [7, 11) is 0. The van der Waals surface area contributed by atoms with E-state index in [4.69, 9.17) is 21.6 Å². The van der Waals surface area contributed by atoms with Crippen LogP contribution in [0.25, 0.3) is 22.3 Å². The highest BCUT2D eigenvalue weighted by molar-refractivity contribution is 9.24. The summed E-state index contributed by atoms with van der Waals surface area (Å²) in [6.45, 7) is 2.05. The van der Waals surface area contributed by atoms with Crippen LogP contribution in [0.5, 0.6) is 0 Å². The zero-order chi connectivity index (χ0) is 15.0. The minimum absolute atomic E-state index is 0.0620. The molecule has 0 atom stereocenters. The first-order chi connectivity index (χ1) is 10.0. The number of nitrogens with zero attached hydrogens (tertiary/aromatic N) is 2. The van der Waals surface area contributed by atoms with E-state index in [-0.39, 0.29) is 3.74 Å². The molecule has 0 saturated carbocycles. The Bertz CT molecular complexity index is 801. The van der Waals surface area contributed by atoms with Crippen molar-refractivity contribution in [1.29, 1.82) is 0 Å². The van der Waals surface area contributed by atoms with Gasteiger partial charge in [-0.25, -0.2) is 9.97 Å². The van der Waals surface area contributed by atoms with Gasteiger partial charge in [-0.1, -0.05) is 61.7 Å². The second-order valence-electron chi connectivity index (χ2n) is 4.76. The average Bonchev–Trinajstić information content (AvgIpc) is 2.46. The molecule has 3 aromatic rings. The summed E-state index contributed by atoms with van der Waals surface area (Å²) in [5, 5.41) is 0.707. The minimum atomic E-state index is -0.0620. The Morgan fingerprint density at radius 3 is 2.33 bits per heavy atom. The molecule has 0 aliphatic heterocycles. The zero-order valence-corrected chi connectivity index (χ0v) is 15.1. The van der Waals surface area contributed by atoms with Crippen LogP contribution in [0.15, 0.2) is 42.5 Å². The number of alkyl halides is 2. The van der Waals surface area contributed by atoms with Gasteiger partial charge in [0.25, 0.3) is 0 Å². The summed E-state index contributed by atoms with van der Waals surface area (Å²) in [6, 6.07) is 13.7. The quantitative estimate of drug-likeness (QED) is 0.467. The van der Waals surface area contributed by atoms with Gasteiger partial charge in [0.2, 0.25) is 0 Å². The van der Waals surface area contributed by atoms with Crippen LogP contribution < -0.4 is 0 Å². The van der Waals surface area contributed by atoms with Crippen LogP contribution in [0.1, 0.15) is 15.0 Å². The van der Waals surface area contributed by atoms with Gasteiger partial charge >= 0.3 is 0 Å². The van der Waals surface area contributed by atoms with E-state index >= 15 is 0 Å². The van der Waals surface area contributed by atoms with Gasteiger partial charge < -0.3 is 0 Å². The van der Waals surface area contributed by atoms with E-state index in [2.05, 4.69) is 31.9 Å². The molecule has 0 aliphatic carbocycles. The number of rotatable bonds is 2. The first-order valence-corrected chi connectivity index (χ1v) is 8.58. The third-order valence-corrected chi connectivity index (χ3v) is 4.29. The molecule has 0 saturated heterocycles. The van der Waals surface area contributed by atoms with Gasteiger partial charge in [-0.15, -0.1) is 0 Å². The predicted molar refractivity (Wildman–Crippen MR) is 95.3 cm³/mol. The van der Waals surface area contributed by atoms with E-state index < -0.39 is 0 Å². The number of hydrogen-bond acceptors (Lipinski definition) is 2. The van der Waals surface area contributed by atoms with Gasteiger partial charge in [-0.05, 0) is 36.8 Å². The Labute approximate surface area is 144 Å². The van der Waals surface area contributed by atoms with Crippen LogP contribution in [0, 0.1) is 6.92 Å². The zero-order valence-electron chi connectivity index (χ0n) is 11.1. The van der Waals surface area contributed by atoms with Crippen molar-refractivity contribution in [3.63, 3.8) is 0 Å². The van der Waals surface area contributed by atoms with Crippen molar-refractivity contribution >= 4 is 54.5 Å². The number of aromatic nitrogens is 2. The van der Waals surface area contributed by atoms with Crippen molar-refractivity contribution in [2.75, 3.05) is 0 Å². The Hall–Kier alpha value is -0.970. The second kappa shape index (κ2) is 6.03. The smallest absolute Gasteiger partial charge is 0.114 e. The van der Waals surface area contributed by atoms with Gasteiger partial charge in [0, 0.05) is 10.6 Å². The lowest BCUT2D eigenvalue weighted by Crippen LogP contribution is -1.98. The van der Waals surface area contributed by atoms with E-state index in [1.54, 1.807) is 0 Å². The molecule has 0 radical (unpaired) electrons. The highest BCUT2D eigenvalue weighted by Gasteiger charge is 2.16. The van der Waals surface area contributed by atoms with Gasteiger partial charge in [-0.3, -0.25) is 0 Å². The number of aryl methyl sites for hydroxylation is 1. The molecule has 0 N–H and O–H groups in total. The summed E-state index contributed by atoms with van der Waals surface area (Å²) in [6.07, 6.45) is 0. The molecular formula is C16H11Br2ClN2. The van der Waals surface area contributed by atoms with Crippen molar-refractivity contribution in [3.8, 4) is 11.3 Å². The van der Waals surface area contributed by atoms with E-state index in [0.29, 0.717) is 5.02 Å². The standard InChI is InChI=1S/C16H11Br2ClN2/c1-9-2-7-12-13(8-9)21-15(16(17)18)14(20-12)10-3-5-11(19)6-4-10/h2-8,16H,1H3. The Kier molecular flexibility index (Phi) is 4.29. The second-order valence-corrected chi connectivity index (χ2v) is 8.25. The van der Waals surface area contributed by atoms with Crippen LogP contribution in [-0.4, -0.2) is 9.97 Å². The summed E-state index contributed by atoms with van der Waals surface area (Å²) in [5.41, 5.74) is 5.65. The molecule has 0 bridgehead atoms. The first kappa shape index (κ1) is 14.9. The number of hydrogen-bond donors (Lipinski definition) is 0. The van der Waals surface area contributed by atoms with Crippen LogP contribution in [0.3, 0.4) is 0 Å². The molecule has 106 valence electrons. The fourth-order valence-electron chi connectivity index (χ4n) is 2.15. The molecule has 21 heavy (non-hydrogen) atoms. The molecule has 1 heterocycles. The minimum Gasteiger partial charge on any atom is -0.247 e. The Balaban J connectivity index is 2.27. The van der Waals surface area contributed by atoms with Crippen LogP contribution >= 0.6 is 43.5 Å². The van der Waals surface area contributed by atoms with Gasteiger partial charge in [0.15, 0.2) is 0 Å². The molecule has 0 aliphatic rings. The summed E-state index contributed by atoms with van der Waals surface area (Å²) >= 11 is 13.0. The lowest BCUT2D eigenvalue weighted by molar-refractivity contribution is 1.17. The number of benzene rings is 2. The van der Waals surface area contributed by atoms with Crippen molar-refractivity contribution in [3.05, 3.63) is 58.7 Å². The largest absolute Gasteiger partial charge is 0.247 e. The molecule has 0 spiro atoms. The topological polar surface area (TPSA) is 25.8 Å². The molecule has 2 aromatic carbocycles. The monoisotopic (exact) mass is 424 g/mol. The average molecular weight is 427 g/mol. The molecule has 0 fully saturated rings. The summed E-state index contributed by atoms with van der Waals surface area (Å²) in [5.74, 6) is 0. The van der Waals surface area contributed by atoms with Gasteiger partial charge in [0.1, 0.15) is 3.74 Å². The van der Waals surface area contributed by atoms with Crippen LogP contribution in [0.2, 0.25) is 5.02 Å². The normalized spacial score (nSPS) is 11.3. The maximum atomic E-state index is 5.96. The predicted octanol–water partition coefficient (Wildman–Crippen LogP) is 6.05. The van der Waals surface area contributed by atoms with E-state index in [0.717, 1.165) is 28.0 Å². The summed E-state index contributed by atoms with van der Waals surface area (Å²) < 4.78 is -0.0620. The summed E-state index contributed by atoms with van der Waals surface area (Å²) in [4.78, 5) is 9.52.